The first kappa shape index (κ1) is 12.8. The lowest BCUT2D eigenvalue weighted by molar-refractivity contribution is 0.415. The molecule has 88 valence electrons. The first-order valence-electron chi connectivity index (χ1n) is 5.78. The van der Waals surface area contributed by atoms with Crippen molar-refractivity contribution in [1.82, 2.24) is 5.32 Å². The Morgan fingerprint density at radius 2 is 2.00 bits per heavy atom. The van der Waals surface area contributed by atoms with E-state index >= 15 is 0 Å². The fourth-order valence-electron chi connectivity index (χ4n) is 1.50. The maximum Gasteiger partial charge on any atom is 0.118 e. The molecule has 0 saturated heterocycles. The second kappa shape index (κ2) is 7.07. The van der Waals surface area contributed by atoms with E-state index in [9.17, 15) is 0 Å². The number of hydrogen-bond acceptors (Lipinski definition) is 2. The van der Waals surface area contributed by atoms with E-state index < -0.39 is 0 Å². The van der Waals surface area contributed by atoms with Gasteiger partial charge in [-0.1, -0.05) is 30.7 Å². The highest BCUT2D eigenvalue weighted by Gasteiger charge is 1.93. The summed E-state index contributed by atoms with van der Waals surface area (Å²) in [6.45, 7) is 6.36. The molecule has 0 aliphatic rings. The van der Waals surface area contributed by atoms with E-state index in [0.717, 1.165) is 18.8 Å². The third-order valence-electron chi connectivity index (χ3n) is 2.36. The van der Waals surface area contributed by atoms with Gasteiger partial charge in [0, 0.05) is 6.54 Å². The van der Waals surface area contributed by atoms with Gasteiger partial charge < -0.3 is 10.1 Å². The molecule has 0 saturated carbocycles. The van der Waals surface area contributed by atoms with Crippen molar-refractivity contribution in [3.05, 3.63) is 35.4 Å². The monoisotopic (exact) mass is 219 g/mol. The Morgan fingerprint density at radius 3 is 2.56 bits per heavy atom. The zero-order valence-corrected chi connectivity index (χ0v) is 10.4. The van der Waals surface area contributed by atoms with Crippen LogP contribution in [0, 0.1) is 0 Å². The van der Waals surface area contributed by atoms with Crippen molar-refractivity contribution in [2.24, 2.45) is 0 Å². The topological polar surface area (TPSA) is 21.3 Å². The average Bonchev–Trinajstić information content (AvgIpc) is 2.30. The summed E-state index contributed by atoms with van der Waals surface area (Å²) in [6.07, 6.45) is 3.37. The van der Waals surface area contributed by atoms with Gasteiger partial charge in [0.25, 0.3) is 0 Å². The molecule has 0 heterocycles. The molecular formula is C14H21NO. The number of methoxy groups -OCH3 is 1. The second-order valence-corrected chi connectivity index (χ2v) is 3.94. The molecule has 1 aromatic carbocycles. The highest BCUT2D eigenvalue weighted by molar-refractivity contribution is 5.53. The largest absolute Gasteiger partial charge is 0.497 e. The van der Waals surface area contributed by atoms with Crippen LogP contribution in [0.4, 0.5) is 0 Å². The molecule has 1 N–H and O–H groups in total. The zero-order valence-electron chi connectivity index (χ0n) is 10.4. The Labute approximate surface area is 98.3 Å². The maximum absolute atomic E-state index is 5.12. The van der Waals surface area contributed by atoms with Crippen molar-refractivity contribution in [2.45, 2.75) is 20.3 Å². The number of hydrogen-bond donors (Lipinski definition) is 1. The predicted molar refractivity (Wildman–Crippen MR) is 69.8 cm³/mol. The van der Waals surface area contributed by atoms with Crippen LogP contribution < -0.4 is 10.1 Å². The fraction of sp³-hybridized carbons (Fsp3) is 0.429. The number of rotatable bonds is 6. The van der Waals surface area contributed by atoms with E-state index in [0.29, 0.717) is 0 Å². The first-order chi connectivity index (χ1) is 7.76. The molecule has 0 aromatic heterocycles. The van der Waals surface area contributed by atoms with Crippen LogP contribution in [0.3, 0.4) is 0 Å². The SMILES string of the molecule is CCCNCC(C)=Cc1ccc(OC)cc1. The Morgan fingerprint density at radius 1 is 1.31 bits per heavy atom. The summed E-state index contributed by atoms with van der Waals surface area (Å²) < 4.78 is 5.12. The minimum atomic E-state index is 0.902. The molecule has 0 atom stereocenters. The number of nitrogens with one attached hydrogen (secondary N) is 1. The lowest BCUT2D eigenvalue weighted by atomic mass is 10.1. The van der Waals surface area contributed by atoms with Gasteiger partial charge in [0.2, 0.25) is 0 Å². The number of ether oxygens (including phenoxy) is 1. The molecule has 0 fully saturated rings. The van der Waals surface area contributed by atoms with Crippen LogP contribution in [0.25, 0.3) is 6.08 Å². The van der Waals surface area contributed by atoms with Gasteiger partial charge in [-0.15, -0.1) is 0 Å². The summed E-state index contributed by atoms with van der Waals surface area (Å²) in [5.74, 6) is 0.902. The van der Waals surface area contributed by atoms with Crippen LogP contribution in [0.1, 0.15) is 25.8 Å². The molecule has 0 amide bonds. The third kappa shape index (κ3) is 4.49. The van der Waals surface area contributed by atoms with E-state index in [2.05, 4.69) is 37.4 Å². The smallest absolute Gasteiger partial charge is 0.118 e. The van der Waals surface area contributed by atoms with E-state index in [1.165, 1.54) is 17.6 Å². The summed E-state index contributed by atoms with van der Waals surface area (Å²) in [4.78, 5) is 0. The highest BCUT2D eigenvalue weighted by Crippen LogP contribution is 2.13. The minimum Gasteiger partial charge on any atom is -0.497 e. The van der Waals surface area contributed by atoms with E-state index in [1.54, 1.807) is 7.11 Å². The Balaban J connectivity index is 2.52. The molecule has 0 aliphatic heterocycles. The normalized spacial score (nSPS) is 11.6. The van der Waals surface area contributed by atoms with Gasteiger partial charge in [-0.05, 0) is 37.6 Å². The lowest BCUT2D eigenvalue weighted by Gasteiger charge is -2.04. The molecule has 0 spiro atoms. The summed E-state index contributed by atoms with van der Waals surface area (Å²) in [5, 5.41) is 3.38. The van der Waals surface area contributed by atoms with Crippen molar-refractivity contribution in [3.8, 4) is 5.75 Å². The lowest BCUT2D eigenvalue weighted by Crippen LogP contribution is -2.16. The Kier molecular flexibility index (Phi) is 5.65. The summed E-state index contributed by atoms with van der Waals surface area (Å²) in [5.41, 5.74) is 2.57. The molecule has 1 rings (SSSR count). The van der Waals surface area contributed by atoms with Crippen LogP contribution in [0.5, 0.6) is 5.75 Å². The maximum atomic E-state index is 5.12. The van der Waals surface area contributed by atoms with Crippen molar-refractivity contribution < 1.29 is 4.74 Å². The van der Waals surface area contributed by atoms with E-state index in [-0.39, 0.29) is 0 Å². The summed E-state index contributed by atoms with van der Waals surface area (Å²) in [7, 11) is 1.69. The third-order valence-corrected chi connectivity index (χ3v) is 2.36. The van der Waals surface area contributed by atoms with Crippen molar-refractivity contribution in [1.29, 1.82) is 0 Å². The predicted octanol–water partition coefficient (Wildman–Crippen LogP) is 3.10. The molecule has 0 aliphatic carbocycles. The number of benzene rings is 1. The van der Waals surface area contributed by atoms with Gasteiger partial charge >= 0.3 is 0 Å². The Hall–Kier alpha value is -1.28. The van der Waals surface area contributed by atoms with Gasteiger partial charge in [0.1, 0.15) is 5.75 Å². The molecule has 2 heteroatoms. The van der Waals surface area contributed by atoms with Crippen LogP contribution in [0.2, 0.25) is 0 Å². The molecule has 0 unspecified atom stereocenters. The van der Waals surface area contributed by atoms with Gasteiger partial charge in [-0.2, -0.15) is 0 Å². The van der Waals surface area contributed by atoms with Crippen molar-refractivity contribution in [2.75, 3.05) is 20.2 Å². The average molecular weight is 219 g/mol. The molecule has 0 bridgehead atoms. The van der Waals surface area contributed by atoms with Crippen LogP contribution >= 0.6 is 0 Å². The summed E-state index contributed by atoms with van der Waals surface area (Å²) in [6, 6.07) is 8.11. The van der Waals surface area contributed by atoms with Gasteiger partial charge in [0.15, 0.2) is 0 Å². The minimum absolute atomic E-state index is 0.902. The molecular weight excluding hydrogens is 198 g/mol. The molecule has 2 nitrogen and oxygen atoms in total. The fourth-order valence-corrected chi connectivity index (χ4v) is 1.50. The van der Waals surface area contributed by atoms with Crippen LogP contribution in [0.15, 0.2) is 29.8 Å². The summed E-state index contributed by atoms with van der Waals surface area (Å²) >= 11 is 0. The Bertz CT molecular complexity index is 327. The van der Waals surface area contributed by atoms with Crippen LogP contribution in [-0.2, 0) is 0 Å². The highest BCUT2D eigenvalue weighted by atomic mass is 16.5. The van der Waals surface area contributed by atoms with Gasteiger partial charge in [0.05, 0.1) is 7.11 Å². The molecule has 0 radical (unpaired) electrons. The molecule has 16 heavy (non-hydrogen) atoms. The van der Waals surface area contributed by atoms with Crippen LogP contribution in [-0.4, -0.2) is 20.2 Å². The standard InChI is InChI=1S/C14H21NO/c1-4-9-15-11-12(2)10-13-5-7-14(16-3)8-6-13/h5-8,10,15H,4,9,11H2,1-3H3. The van der Waals surface area contributed by atoms with E-state index in [1.807, 2.05) is 12.1 Å². The zero-order chi connectivity index (χ0) is 11.8. The van der Waals surface area contributed by atoms with Crippen molar-refractivity contribution >= 4 is 6.08 Å². The van der Waals surface area contributed by atoms with Gasteiger partial charge in [-0.3, -0.25) is 0 Å². The first-order valence-corrected chi connectivity index (χ1v) is 5.78. The quantitative estimate of drug-likeness (QED) is 0.742. The van der Waals surface area contributed by atoms with Crippen molar-refractivity contribution in [3.63, 3.8) is 0 Å². The molecule has 1 aromatic rings. The van der Waals surface area contributed by atoms with Gasteiger partial charge in [-0.25, -0.2) is 0 Å². The van der Waals surface area contributed by atoms with E-state index in [4.69, 9.17) is 4.74 Å². The second-order valence-electron chi connectivity index (χ2n) is 3.94.